The van der Waals surface area contributed by atoms with Gasteiger partial charge in [0.2, 0.25) is 0 Å². The van der Waals surface area contributed by atoms with Crippen molar-refractivity contribution < 1.29 is 4.84 Å². The molecule has 2 nitrogen and oxygen atoms in total. The van der Waals surface area contributed by atoms with Crippen LogP contribution >= 0.6 is 0 Å². The standard InChI is InChI=1S/C21H27NO/c1-5-10-21(18-11-8-7-9-12-18)23-22-20(6-2)19-15-16(3)13-14-17(19)4/h6-9,11-15,20-22H,2,5,10H2,1,3-4H3/t20-,21-/m0/s1. The van der Waals surface area contributed by atoms with Crippen LogP contribution in [0, 0.1) is 13.8 Å². The molecule has 0 heterocycles. The van der Waals surface area contributed by atoms with Gasteiger partial charge < -0.3 is 0 Å². The van der Waals surface area contributed by atoms with Crippen molar-refractivity contribution >= 4 is 0 Å². The minimum atomic E-state index is -0.0158. The highest BCUT2D eigenvalue weighted by atomic mass is 16.7. The summed E-state index contributed by atoms with van der Waals surface area (Å²) >= 11 is 0. The molecule has 0 bridgehead atoms. The van der Waals surface area contributed by atoms with Crippen LogP contribution in [-0.4, -0.2) is 0 Å². The van der Waals surface area contributed by atoms with Crippen LogP contribution in [0.1, 0.15) is 54.2 Å². The second kappa shape index (κ2) is 8.66. The smallest absolute Gasteiger partial charge is 0.104 e. The van der Waals surface area contributed by atoms with Crippen molar-refractivity contribution in [1.29, 1.82) is 0 Å². The predicted molar refractivity (Wildman–Crippen MR) is 97.2 cm³/mol. The largest absolute Gasteiger partial charge is 0.293 e. The van der Waals surface area contributed by atoms with E-state index in [1.54, 1.807) is 0 Å². The van der Waals surface area contributed by atoms with Gasteiger partial charge in [0.1, 0.15) is 6.10 Å². The van der Waals surface area contributed by atoms with E-state index in [0.717, 1.165) is 12.8 Å². The molecular weight excluding hydrogens is 282 g/mol. The van der Waals surface area contributed by atoms with Gasteiger partial charge in [-0.15, -0.1) is 6.58 Å². The molecule has 2 rings (SSSR count). The van der Waals surface area contributed by atoms with Gasteiger partial charge in [-0.25, -0.2) is 0 Å². The molecule has 0 aliphatic heterocycles. The summed E-state index contributed by atoms with van der Waals surface area (Å²) in [4.78, 5) is 6.05. The first-order chi connectivity index (χ1) is 11.2. The van der Waals surface area contributed by atoms with Crippen LogP contribution in [0.15, 0.2) is 61.2 Å². The molecule has 0 saturated carbocycles. The molecule has 0 saturated heterocycles. The highest BCUT2D eigenvalue weighted by molar-refractivity contribution is 5.34. The fraction of sp³-hybridized carbons (Fsp3) is 0.333. The van der Waals surface area contributed by atoms with E-state index in [-0.39, 0.29) is 12.1 Å². The van der Waals surface area contributed by atoms with Crippen LogP contribution in [0.4, 0.5) is 0 Å². The van der Waals surface area contributed by atoms with Gasteiger partial charge in [0.25, 0.3) is 0 Å². The van der Waals surface area contributed by atoms with Gasteiger partial charge >= 0.3 is 0 Å². The van der Waals surface area contributed by atoms with Gasteiger partial charge in [0.15, 0.2) is 0 Å². The first kappa shape index (κ1) is 17.5. The Kier molecular flexibility index (Phi) is 6.57. The molecule has 0 aliphatic carbocycles. The summed E-state index contributed by atoms with van der Waals surface area (Å²) in [5, 5.41) is 0. The molecular formula is C21H27NO. The second-order valence-electron chi connectivity index (χ2n) is 6.00. The van der Waals surface area contributed by atoms with Crippen molar-refractivity contribution in [3.63, 3.8) is 0 Å². The summed E-state index contributed by atoms with van der Waals surface area (Å²) in [6, 6.07) is 16.8. The molecule has 0 fully saturated rings. The minimum Gasteiger partial charge on any atom is -0.293 e. The number of aryl methyl sites for hydroxylation is 2. The molecule has 23 heavy (non-hydrogen) atoms. The van der Waals surface area contributed by atoms with Crippen molar-refractivity contribution in [2.45, 2.75) is 45.8 Å². The summed E-state index contributed by atoms with van der Waals surface area (Å²) in [6.07, 6.45) is 4.00. The third kappa shape index (κ3) is 4.78. The number of hydrogen-bond acceptors (Lipinski definition) is 2. The fourth-order valence-electron chi connectivity index (χ4n) is 2.71. The SMILES string of the molecule is C=C[C@H](NO[C@@H](CCC)c1ccccc1)c1cc(C)ccc1C. The van der Waals surface area contributed by atoms with Gasteiger partial charge in [-0.2, -0.15) is 5.48 Å². The maximum atomic E-state index is 6.05. The molecule has 0 amide bonds. The van der Waals surface area contributed by atoms with E-state index in [1.807, 2.05) is 12.1 Å². The van der Waals surface area contributed by atoms with Crippen molar-refractivity contribution in [2.75, 3.05) is 0 Å². The molecule has 2 aromatic rings. The van der Waals surface area contributed by atoms with E-state index >= 15 is 0 Å². The van der Waals surface area contributed by atoms with Crippen molar-refractivity contribution in [3.8, 4) is 0 Å². The van der Waals surface area contributed by atoms with Crippen LogP contribution in [-0.2, 0) is 4.84 Å². The lowest BCUT2D eigenvalue weighted by Crippen LogP contribution is -2.23. The molecule has 0 aliphatic rings. The Morgan fingerprint density at radius 3 is 2.52 bits per heavy atom. The third-order valence-corrected chi connectivity index (χ3v) is 4.06. The molecule has 0 aromatic heterocycles. The van der Waals surface area contributed by atoms with Crippen LogP contribution in [0.5, 0.6) is 0 Å². The van der Waals surface area contributed by atoms with E-state index in [9.17, 15) is 0 Å². The zero-order valence-electron chi connectivity index (χ0n) is 14.4. The maximum Gasteiger partial charge on any atom is 0.104 e. The van der Waals surface area contributed by atoms with Crippen LogP contribution in [0.3, 0.4) is 0 Å². The van der Waals surface area contributed by atoms with Gasteiger partial charge in [-0.3, -0.25) is 4.84 Å². The van der Waals surface area contributed by atoms with Gasteiger partial charge in [0, 0.05) is 0 Å². The lowest BCUT2D eigenvalue weighted by molar-refractivity contribution is -0.0431. The normalized spacial score (nSPS) is 13.5. The van der Waals surface area contributed by atoms with Gasteiger partial charge in [-0.1, -0.05) is 73.5 Å². The van der Waals surface area contributed by atoms with Crippen LogP contribution in [0.25, 0.3) is 0 Å². The van der Waals surface area contributed by atoms with E-state index < -0.39 is 0 Å². The molecule has 2 heteroatoms. The molecule has 2 aromatic carbocycles. The maximum absolute atomic E-state index is 6.05. The van der Waals surface area contributed by atoms with E-state index in [4.69, 9.17) is 4.84 Å². The highest BCUT2D eigenvalue weighted by Crippen LogP contribution is 2.25. The number of nitrogens with one attached hydrogen (secondary N) is 1. The third-order valence-electron chi connectivity index (χ3n) is 4.06. The Morgan fingerprint density at radius 2 is 1.87 bits per heavy atom. The number of hydroxylamine groups is 1. The van der Waals surface area contributed by atoms with E-state index in [2.05, 4.69) is 75.3 Å². The lowest BCUT2D eigenvalue weighted by atomic mass is 9.99. The Labute approximate surface area is 140 Å². The Balaban J connectivity index is 2.11. The van der Waals surface area contributed by atoms with Crippen molar-refractivity contribution in [1.82, 2.24) is 5.48 Å². The predicted octanol–water partition coefficient (Wildman–Crippen LogP) is 5.59. The van der Waals surface area contributed by atoms with E-state index in [0.29, 0.717) is 0 Å². The summed E-state index contributed by atoms with van der Waals surface area (Å²) < 4.78 is 0. The summed E-state index contributed by atoms with van der Waals surface area (Å²) in [5.74, 6) is 0. The second-order valence-corrected chi connectivity index (χ2v) is 6.00. The summed E-state index contributed by atoms with van der Waals surface area (Å²) in [5.41, 5.74) is 8.11. The Hall–Kier alpha value is -1.90. The van der Waals surface area contributed by atoms with Crippen molar-refractivity contribution in [3.05, 3.63) is 83.4 Å². The zero-order valence-corrected chi connectivity index (χ0v) is 14.4. The van der Waals surface area contributed by atoms with Gasteiger partial charge in [-0.05, 0) is 37.0 Å². The van der Waals surface area contributed by atoms with Crippen LogP contribution in [0.2, 0.25) is 0 Å². The first-order valence-electron chi connectivity index (χ1n) is 8.31. The van der Waals surface area contributed by atoms with Crippen molar-refractivity contribution in [2.24, 2.45) is 0 Å². The quantitative estimate of drug-likeness (QED) is 0.506. The molecule has 122 valence electrons. The number of rotatable bonds is 8. The minimum absolute atomic E-state index is 0.0158. The molecule has 1 N–H and O–H groups in total. The van der Waals surface area contributed by atoms with Crippen LogP contribution < -0.4 is 5.48 Å². The molecule has 2 atom stereocenters. The van der Waals surface area contributed by atoms with E-state index in [1.165, 1.54) is 22.3 Å². The highest BCUT2D eigenvalue weighted by Gasteiger charge is 2.15. The molecule has 0 radical (unpaired) electrons. The monoisotopic (exact) mass is 309 g/mol. The summed E-state index contributed by atoms with van der Waals surface area (Å²) in [7, 11) is 0. The average Bonchev–Trinajstić information content (AvgIpc) is 2.58. The number of benzene rings is 2. The number of hydrogen-bond donors (Lipinski definition) is 1. The summed E-state index contributed by atoms with van der Waals surface area (Å²) in [6.45, 7) is 10.4. The lowest BCUT2D eigenvalue weighted by Gasteiger charge is -2.23. The topological polar surface area (TPSA) is 21.3 Å². The average molecular weight is 309 g/mol. The Bertz CT molecular complexity index is 621. The Morgan fingerprint density at radius 1 is 1.13 bits per heavy atom. The zero-order chi connectivity index (χ0) is 16.7. The molecule has 0 spiro atoms. The first-order valence-corrected chi connectivity index (χ1v) is 8.31. The van der Waals surface area contributed by atoms with Gasteiger partial charge in [0.05, 0.1) is 6.04 Å². The fourth-order valence-corrected chi connectivity index (χ4v) is 2.71. The molecule has 0 unspecified atom stereocenters.